The van der Waals surface area contributed by atoms with Gasteiger partial charge in [0.05, 0.1) is 6.04 Å². The second kappa shape index (κ2) is 3.67. The molecule has 0 saturated carbocycles. The van der Waals surface area contributed by atoms with Crippen LogP contribution in [0.15, 0.2) is 6.33 Å². The predicted molar refractivity (Wildman–Crippen MR) is 47.4 cm³/mol. The minimum Gasteiger partial charge on any atom is -0.321 e. The van der Waals surface area contributed by atoms with Crippen molar-refractivity contribution < 1.29 is 0 Å². The van der Waals surface area contributed by atoms with Crippen molar-refractivity contribution in [1.82, 2.24) is 14.8 Å². The molecule has 0 fully saturated rings. The number of nitrogens with two attached hydrogens (primary N) is 1. The van der Waals surface area contributed by atoms with E-state index in [4.69, 9.17) is 5.73 Å². The van der Waals surface area contributed by atoms with Crippen LogP contribution in [0, 0.1) is 5.92 Å². The van der Waals surface area contributed by atoms with E-state index in [-0.39, 0.29) is 6.04 Å². The molecular formula is C8H16N4. The van der Waals surface area contributed by atoms with Gasteiger partial charge < -0.3 is 5.73 Å². The summed E-state index contributed by atoms with van der Waals surface area (Å²) >= 11 is 0. The van der Waals surface area contributed by atoms with E-state index in [9.17, 15) is 0 Å². The Balaban J connectivity index is 2.65. The smallest absolute Gasteiger partial charge is 0.143 e. The van der Waals surface area contributed by atoms with E-state index in [0.29, 0.717) is 5.92 Å². The molecule has 1 heterocycles. The molecule has 12 heavy (non-hydrogen) atoms. The predicted octanol–water partition coefficient (Wildman–Crippen LogP) is 0.861. The van der Waals surface area contributed by atoms with Crippen molar-refractivity contribution >= 4 is 0 Å². The lowest BCUT2D eigenvalue weighted by Crippen LogP contribution is -2.17. The second-order valence-corrected chi connectivity index (χ2v) is 3.48. The molecule has 4 heteroatoms. The van der Waals surface area contributed by atoms with Gasteiger partial charge in [0.25, 0.3) is 0 Å². The summed E-state index contributed by atoms with van der Waals surface area (Å²) in [5.74, 6) is 1.46. The molecule has 68 valence electrons. The third-order valence-corrected chi connectivity index (χ3v) is 1.80. The summed E-state index contributed by atoms with van der Waals surface area (Å²) in [5, 5.41) is 3.97. The van der Waals surface area contributed by atoms with Crippen LogP contribution in [0.2, 0.25) is 0 Å². The Kier molecular flexibility index (Phi) is 2.81. The molecule has 0 saturated heterocycles. The zero-order valence-corrected chi connectivity index (χ0v) is 7.86. The van der Waals surface area contributed by atoms with Crippen molar-refractivity contribution in [1.29, 1.82) is 0 Å². The highest BCUT2D eigenvalue weighted by Gasteiger charge is 2.12. The molecule has 0 spiro atoms. The molecule has 2 N–H and O–H groups in total. The zero-order chi connectivity index (χ0) is 9.14. The Bertz CT molecular complexity index is 241. The first-order chi connectivity index (χ1) is 5.61. The van der Waals surface area contributed by atoms with Crippen molar-refractivity contribution in [2.45, 2.75) is 26.3 Å². The lowest BCUT2D eigenvalue weighted by molar-refractivity contribution is 0.477. The fourth-order valence-electron chi connectivity index (χ4n) is 1.25. The number of hydrogen-bond acceptors (Lipinski definition) is 3. The first-order valence-corrected chi connectivity index (χ1v) is 4.20. The van der Waals surface area contributed by atoms with E-state index in [2.05, 4.69) is 23.9 Å². The number of aryl methyl sites for hydroxylation is 1. The van der Waals surface area contributed by atoms with Gasteiger partial charge in [0.1, 0.15) is 12.2 Å². The van der Waals surface area contributed by atoms with Gasteiger partial charge in [0.2, 0.25) is 0 Å². The Morgan fingerprint density at radius 1 is 1.58 bits per heavy atom. The lowest BCUT2D eigenvalue weighted by Gasteiger charge is -2.12. The summed E-state index contributed by atoms with van der Waals surface area (Å²) in [5.41, 5.74) is 5.92. The maximum Gasteiger partial charge on any atom is 0.143 e. The summed E-state index contributed by atoms with van der Waals surface area (Å²) < 4.78 is 1.73. The van der Waals surface area contributed by atoms with Gasteiger partial charge in [0, 0.05) is 7.05 Å². The highest BCUT2D eigenvalue weighted by molar-refractivity contribution is 4.91. The van der Waals surface area contributed by atoms with Crippen LogP contribution in [-0.4, -0.2) is 14.8 Å². The SMILES string of the molecule is CC(C)CC(N)c1ncnn1C. The molecule has 0 aromatic carbocycles. The summed E-state index contributed by atoms with van der Waals surface area (Å²) in [6.07, 6.45) is 2.49. The number of hydrogen-bond donors (Lipinski definition) is 1. The fraction of sp³-hybridized carbons (Fsp3) is 0.750. The number of aromatic nitrogens is 3. The molecule has 0 aliphatic carbocycles. The average Bonchev–Trinajstić information content (AvgIpc) is 2.33. The van der Waals surface area contributed by atoms with Crippen molar-refractivity contribution in [2.24, 2.45) is 18.7 Å². The van der Waals surface area contributed by atoms with E-state index in [1.54, 1.807) is 4.68 Å². The van der Waals surface area contributed by atoms with Crippen LogP contribution in [0.5, 0.6) is 0 Å². The molecular weight excluding hydrogens is 152 g/mol. The van der Waals surface area contributed by atoms with E-state index < -0.39 is 0 Å². The fourth-order valence-corrected chi connectivity index (χ4v) is 1.25. The van der Waals surface area contributed by atoms with Crippen LogP contribution < -0.4 is 5.73 Å². The van der Waals surface area contributed by atoms with Crippen LogP contribution in [0.1, 0.15) is 32.1 Å². The Morgan fingerprint density at radius 2 is 2.25 bits per heavy atom. The van der Waals surface area contributed by atoms with E-state index in [1.807, 2.05) is 7.05 Å². The van der Waals surface area contributed by atoms with Crippen LogP contribution in [0.3, 0.4) is 0 Å². The Morgan fingerprint density at radius 3 is 2.67 bits per heavy atom. The van der Waals surface area contributed by atoms with E-state index in [1.165, 1.54) is 6.33 Å². The maximum atomic E-state index is 5.92. The van der Waals surface area contributed by atoms with Crippen LogP contribution in [0.4, 0.5) is 0 Å². The molecule has 1 aromatic rings. The minimum atomic E-state index is 0.0116. The molecule has 1 atom stereocenters. The number of rotatable bonds is 3. The molecule has 1 rings (SSSR count). The van der Waals surface area contributed by atoms with E-state index in [0.717, 1.165) is 12.2 Å². The van der Waals surface area contributed by atoms with Gasteiger partial charge in [-0.15, -0.1) is 0 Å². The maximum absolute atomic E-state index is 5.92. The molecule has 0 radical (unpaired) electrons. The van der Waals surface area contributed by atoms with E-state index >= 15 is 0 Å². The van der Waals surface area contributed by atoms with Gasteiger partial charge in [-0.2, -0.15) is 5.10 Å². The standard InChI is InChI=1S/C8H16N4/c1-6(2)4-7(9)8-10-5-11-12(8)3/h5-7H,4,9H2,1-3H3. The third-order valence-electron chi connectivity index (χ3n) is 1.80. The van der Waals surface area contributed by atoms with Crippen molar-refractivity contribution in [3.8, 4) is 0 Å². The first kappa shape index (κ1) is 9.19. The molecule has 0 aliphatic rings. The topological polar surface area (TPSA) is 56.7 Å². The van der Waals surface area contributed by atoms with Crippen LogP contribution >= 0.6 is 0 Å². The van der Waals surface area contributed by atoms with Gasteiger partial charge in [0.15, 0.2) is 0 Å². The van der Waals surface area contributed by atoms with Crippen molar-refractivity contribution in [3.05, 3.63) is 12.2 Å². The molecule has 4 nitrogen and oxygen atoms in total. The quantitative estimate of drug-likeness (QED) is 0.728. The highest BCUT2D eigenvalue weighted by Crippen LogP contribution is 2.15. The lowest BCUT2D eigenvalue weighted by atomic mass is 10.0. The minimum absolute atomic E-state index is 0.0116. The summed E-state index contributed by atoms with van der Waals surface area (Å²) in [4.78, 5) is 4.10. The zero-order valence-electron chi connectivity index (χ0n) is 7.86. The molecule has 0 bridgehead atoms. The molecule has 0 aliphatic heterocycles. The first-order valence-electron chi connectivity index (χ1n) is 4.20. The Labute approximate surface area is 72.8 Å². The molecule has 0 amide bonds. The van der Waals surface area contributed by atoms with Crippen LogP contribution in [0.25, 0.3) is 0 Å². The van der Waals surface area contributed by atoms with Gasteiger partial charge in [-0.1, -0.05) is 13.8 Å². The highest BCUT2D eigenvalue weighted by atomic mass is 15.3. The normalized spacial score (nSPS) is 13.8. The Hall–Kier alpha value is -0.900. The van der Waals surface area contributed by atoms with Gasteiger partial charge in [-0.25, -0.2) is 4.98 Å². The van der Waals surface area contributed by atoms with Gasteiger partial charge >= 0.3 is 0 Å². The average molecular weight is 168 g/mol. The van der Waals surface area contributed by atoms with Crippen molar-refractivity contribution in [2.75, 3.05) is 0 Å². The van der Waals surface area contributed by atoms with Crippen LogP contribution in [-0.2, 0) is 7.05 Å². The summed E-state index contributed by atoms with van der Waals surface area (Å²) in [7, 11) is 1.86. The third kappa shape index (κ3) is 2.04. The summed E-state index contributed by atoms with van der Waals surface area (Å²) in [6, 6.07) is 0.0116. The molecule has 1 aromatic heterocycles. The second-order valence-electron chi connectivity index (χ2n) is 3.48. The summed E-state index contributed by atoms with van der Waals surface area (Å²) in [6.45, 7) is 4.30. The largest absolute Gasteiger partial charge is 0.321 e. The molecule has 1 unspecified atom stereocenters. The van der Waals surface area contributed by atoms with Crippen molar-refractivity contribution in [3.63, 3.8) is 0 Å². The van der Waals surface area contributed by atoms with Gasteiger partial charge in [-0.05, 0) is 12.3 Å². The van der Waals surface area contributed by atoms with Gasteiger partial charge in [-0.3, -0.25) is 4.68 Å². The number of nitrogens with zero attached hydrogens (tertiary/aromatic N) is 3. The monoisotopic (exact) mass is 168 g/mol.